The van der Waals surface area contributed by atoms with Crippen LogP contribution >= 0.6 is 0 Å². The standard InChI is InChI=1S/C17H20N2O9/c20-13(6-3-10-2-1-9-28-10)18-11(4-7-14(21)22)16(25)19-12(17(26)27)5-8-15(23)24/h1-3,6,9,11-12H,4-5,7-8H2,(H,18,20)(H,19,25)(H,21,22)(H,23,24)(H,26,27)/t11-,12-/m0/s1. The second kappa shape index (κ2) is 11.2. The zero-order valence-electron chi connectivity index (χ0n) is 14.7. The van der Waals surface area contributed by atoms with E-state index in [1.165, 1.54) is 12.3 Å². The number of amides is 2. The second-order valence-electron chi connectivity index (χ2n) is 5.67. The molecule has 11 heteroatoms. The van der Waals surface area contributed by atoms with Crippen molar-refractivity contribution in [2.75, 3.05) is 0 Å². The number of furan rings is 1. The van der Waals surface area contributed by atoms with E-state index in [1.807, 2.05) is 0 Å². The Morgan fingerprint density at radius 1 is 0.964 bits per heavy atom. The van der Waals surface area contributed by atoms with E-state index in [-0.39, 0.29) is 12.8 Å². The van der Waals surface area contributed by atoms with Crippen LogP contribution in [-0.2, 0) is 24.0 Å². The van der Waals surface area contributed by atoms with Crippen LogP contribution in [0.15, 0.2) is 28.9 Å². The first-order valence-corrected chi connectivity index (χ1v) is 8.18. The summed E-state index contributed by atoms with van der Waals surface area (Å²) in [5, 5.41) is 30.9. The molecule has 0 unspecified atom stereocenters. The maximum absolute atomic E-state index is 12.3. The van der Waals surface area contributed by atoms with Crippen LogP contribution in [0.5, 0.6) is 0 Å². The van der Waals surface area contributed by atoms with Crippen LogP contribution in [0.25, 0.3) is 6.08 Å². The van der Waals surface area contributed by atoms with E-state index < -0.39 is 54.6 Å². The molecule has 0 fully saturated rings. The SMILES string of the molecule is O=C(O)CC[C@H](NC(=O)[C@H](CCC(=O)O)NC(=O)C=Cc1ccco1)C(=O)O. The largest absolute Gasteiger partial charge is 0.481 e. The van der Waals surface area contributed by atoms with E-state index in [2.05, 4.69) is 10.6 Å². The smallest absolute Gasteiger partial charge is 0.326 e. The van der Waals surface area contributed by atoms with Crippen molar-refractivity contribution in [3.8, 4) is 0 Å². The molecule has 0 saturated carbocycles. The average molecular weight is 396 g/mol. The topological polar surface area (TPSA) is 183 Å². The van der Waals surface area contributed by atoms with Crippen molar-refractivity contribution in [2.45, 2.75) is 37.8 Å². The van der Waals surface area contributed by atoms with Crippen LogP contribution < -0.4 is 10.6 Å². The predicted molar refractivity (Wildman–Crippen MR) is 93.0 cm³/mol. The molecule has 1 heterocycles. The molecule has 0 aliphatic rings. The van der Waals surface area contributed by atoms with Gasteiger partial charge in [0.2, 0.25) is 11.8 Å². The summed E-state index contributed by atoms with van der Waals surface area (Å²) < 4.78 is 5.00. The lowest BCUT2D eigenvalue weighted by Crippen LogP contribution is -2.51. The van der Waals surface area contributed by atoms with Gasteiger partial charge in [0.1, 0.15) is 17.8 Å². The van der Waals surface area contributed by atoms with Crippen LogP contribution in [-0.4, -0.2) is 57.1 Å². The van der Waals surface area contributed by atoms with Gasteiger partial charge in [0.05, 0.1) is 6.26 Å². The summed E-state index contributed by atoms with van der Waals surface area (Å²) in [6.45, 7) is 0. The normalized spacial score (nSPS) is 12.9. The lowest BCUT2D eigenvalue weighted by molar-refractivity contribution is -0.144. The number of aliphatic carboxylic acids is 3. The Balaban J connectivity index is 2.78. The van der Waals surface area contributed by atoms with E-state index in [9.17, 15) is 24.0 Å². The van der Waals surface area contributed by atoms with Crippen molar-refractivity contribution in [3.63, 3.8) is 0 Å². The van der Waals surface area contributed by atoms with Gasteiger partial charge in [0.15, 0.2) is 0 Å². The van der Waals surface area contributed by atoms with Gasteiger partial charge >= 0.3 is 17.9 Å². The third-order valence-corrected chi connectivity index (χ3v) is 3.48. The van der Waals surface area contributed by atoms with Crippen LogP contribution in [0.2, 0.25) is 0 Å². The molecular formula is C17H20N2O9. The summed E-state index contributed by atoms with van der Waals surface area (Å²) in [5.74, 6) is -5.17. The zero-order valence-corrected chi connectivity index (χ0v) is 14.7. The number of carbonyl (C=O) groups is 5. The number of carbonyl (C=O) groups excluding carboxylic acids is 2. The van der Waals surface area contributed by atoms with Gasteiger partial charge in [-0.05, 0) is 31.1 Å². The predicted octanol–water partition coefficient (Wildman–Crippen LogP) is 0.0766. The van der Waals surface area contributed by atoms with Crippen LogP contribution in [0.1, 0.15) is 31.4 Å². The van der Waals surface area contributed by atoms with Crippen molar-refractivity contribution in [3.05, 3.63) is 30.2 Å². The van der Waals surface area contributed by atoms with E-state index in [0.717, 1.165) is 6.08 Å². The minimum absolute atomic E-state index is 0.285. The van der Waals surface area contributed by atoms with Gasteiger partial charge in [0, 0.05) is 18.9 Å². The molecule has 1 aromatic rings. The molecule has 2 atom stereocenters. The van der Waals surface area contributed by atoms with Crippen LogP contribution in [0, 0.1) is 0 Å². The molecule has 0 spiro atoms. The minimum Gasteiger partial charge on any atom is -0.481 e. The van der Waals surface area contributed by atoms with Gasteiger partial charge in [-0.3, -0.25) is 19.2 Å². The molecule has 0 aromatic carbocycles. The summed E-state index contributed by atoms with van der Waals surface area (Å²) in [6, 6.07) is 0.366. The highest BCUT2D eigenvalue weighted by Gasteiger charge is 2.27. The van der Waals surface area contributed by atoms with Gasteiger partial charge < -0.3 is 30.4 Å². The molecule has 152 valence electrons. The Morgan fingerprint density at radius 3 is 2.07 bits per heavy atom. The van der Waals surface area contributed by atoms with E-state index in [0.29, 0.717) is 5.76 Å². The highest BCUT2D eigenvalue weighted by atomic mass is 16.4. The molecule has 0 aliphatic carbocycles. The summed E-state index contributed by atoms with van der Waals surface area (Å²) >= 11 is 0. The Hall–Kier alpha value is -3.63. The first-order valence-electron chi connectivity index (χ1n) is 8.18. The van der Waals surface area contributed by atoms with Crippen LogP contribution in [0.3, 0.4) is 0 Å². The first-order chi connectivity index (χ1) is 13.2. The number of hydrogen-bond acceptors (Lipinski definition) is 6. The van der Waals surface area contributed by atoms with Crippen LogP contribution in [0.4, 0.5) is 0 Å². The maximum atomic E-state index is 12.3. The fourth-order valence-corrected chi connectivity index (χ4v) is 2.10. The molecule has 0 saturated heterocycles. The molecule has 0 radical (unpaired) electrons. The van der Waals surface area contributed by atoms with Gasteiger partial charge in [-0.25, -0.2) is 4.79 Å². The number of rotatable bonds is 12. The molecule has 28 heavy (non-hydrogen) atoms. The highest BCUT2D eigenvalue weighted by molar-refractivity contribution is 5.96. The summed E-state index contributed by atoms with van der Waals surface area (Å²) in [7, 11) is 0. The van der Waals surface area contributed by atoms with Gasteiger partial charge in [-0.2, -0.15) is 0 Å². The monoisotopic (exact) mass is 396 g/mol. The molecule has 0 bridgehead atoms. The molecule has 1 aromatic heterocycles. The van der Waals surface area contributed by atoms with E-state index >= 15 is 0 Å². The quantitative estimate of drug-likeness (QED) is 0.305. The average Bonchev–Trinajstić information content (AvgIpc) is 3.13. The van der Waals surface area contributed by atoms with Crippen molar-refractivity contribution >= 4 is 35.8 Å². The third kappa shape index (κ3) is 8.65. The fraction of sp³-hybridized carbons (Fsp3) is 0.353. The Morgan fingerprint density at radius 2 is 1.57 bits per heavy atom. The van der Waals surface area contributed by atoms with Crippen molar-refractivity contribution in [2.24, 2.45) is 0 Å². The maximum Gasteiger partial charge on any atom is 0.326 e. The van der Waals surface area contributed by atoms with Gasteiger partial charge in [0.25, 0.3) is 0 Å². The Kier molecular flexibility index (Phi) is 8.93. The first kappa shape index (κ1) is 22.4. The molecule has 11 nitrogen and oxygen atoms in total. The molecule has 0 aliphatic heterocycles. The highest BCUT2D eigenvalue weighted by Crippen LogP contribution is 2.05. The second-order valence-corrected chi connectivity index (χ2v) is 5.67. The van der Waals surface area contributed by atoms with Crippen molar-refractivity contribution in [1.82, 2.24) is 10.6 Å². The number of nitrogens with one attached hydrogen (secondary N) is 2. The number of hydrogen-bond donors (Lipinski definition) is 5. The Labute approximate surface area is 159 Å². The number of carboxylic acid groups (broad SMARTS) is 3. The van der Waals surface area contributed by atoms with E-state index in [4.69, 9.17) is 19.7 Å². The summed E-state index contributed by atoms with van der Waals surface area (Å²) in [5.41, 5.74) is 0. The van der Waals surface area contributed by atoms with Gasteiger partial charge in [-0.1, -0.05) is 0 Å². The van der Waals surface area contributed by atoms with Crippen molar-refractivity contribution < 1.29 is 43.7 Å². The summed E-state index contributed by atoms with van der Waals surface area (Å²) in [4.78, 5) is 56.8. The molecule has 5 N–H and O–H groups in total. The zero-order chi connectivity index (χ0) is 21.1. The van der Waals surface area contributed by atoms with Crippen molar-refractivity contribution in [1.29, 1.82) is 0 Å². The number of carboxylic acids is 3. The molecule has 1 rings (SSSR count). The lowest BCUT2D eigenvalue weighted by Gasteiger charge is -2.20. The van der Waals surface area contributed by atoms with E-state index in [1.54, 1.807) is 12.1 Å². The minimum atomic E-state index is -1.49. The molecular weight excluding hydrogens is 376 g/mol. The lowest BCUT2D eigenvalue weighted by atomic mass is 10.1. The fourth-order valence-electron chi connectivity index (χ4n) is 2.10. The third-order valence-electron chi connectivity index (χ3n) is 3.48. The van der Waals surface area contributed by atoms with Gasteiger partial charge in [-0.15, -0.1) is 0 Å². The molecule has 2 amide bonds. The summed E-state index contributed by atoms with van der Waals surface area (Å²) in [6.07, 6.45) is 2.20. The Bertz CT molecular complexity index is 740.